The van der Waals surface area contributed by atoms with Crippen LogP contribution in [-0.2, 0) is 9.84 Å². The summed E-state index contributed by atoms with van der Waals surface area (Å²) < 4.78 is 25.1. The monoisotopic (exact) mass is 349 g/mol. The summed E-state index contributed by atoms with van der Waals surface area (Å²) in [5, 5.41) is 2.63. The lowest BCUT2D eigenvalue weighted by Crippen LogP contribution is -2.43. The van der Waals surface area contributed by atoms with Gasteiger partial charge in [0.15, 0.2) is 9.84 Å². The fourth-order valence-corrected chi connectivity index (χ4v) is 6.86. The number of hydrogen-bond donors (Lipinski definition) is 1. The molecule has 1 saturated carbocycles. The molecule has 1 aromatic heterocycles. The first-order valence-electron chi connectivity index (χ1n) is 8.71. The van der Waals surface area contributed by atoms with Gasteiger partial charge in [0.25, 0.3) is 5.91 Å². The Morgan fingerprint density at radius 2 is 2.04 bits per heavy atom. The number of carbonyl (C=O) groups is 1. The van der Waals surface area contributed by atoms with Crippen molar-refractivity contribution in [3.8, 4) is 0 Å². The highest BCUT2D eigenvalue weighted by molar-refractivity contribution is 7.92. The maximum absolute atomic E-state index is 12.5. The zero-order valence-corrected chi connectivity index (χ0v) is 14.4. The first-order chi connectivity index (χ1) is 11.5. The molecule has 2 saturated heterocycles. The van der Waals surface area contributed by atoms with E-state index in [1.165, 1.54) is 31.9 Å². The molecule has 0 radical (unpaired) electrons. The van der Waals surface area contributed by atoms with Crippen molar-refractivity contribution in [1.82, 2.24) is 15.2 Å². The summed E-state index contributed by atoms with van der Waals surface area (Å²) in [6.45, 7) is 1.42. The van der Waals surface area contributed by atoms with Crippen LogP contribution in [0, 0.1) is 5.92 Å². The number of rotatable bonds is 3. The molecule has 0 aromatic carbocycles. The van der Waals surface area contributed by atoms with Crippen LogP contribution in [0.25, 0.3) is 0 Å². The van der Waals surface area contributed by atoms with E-state index in [0.29, 0.717) is 18.2 Å². The second kappa shape index (κ2) is 6.11. The molecule has 24 heavy (non-hydrogen) atoms. The van der Waals surface area contributed by atoms with Crippen molar-refractivity contribution in [2.24, 2.45) is 5.92 Å². The van der Waals surface area contributed by atoms with Crippen molar-refractivity contribution >= 4 is 15.7 Å². The molecule has 3 aliphatic rings. The third kappa shape index (κ3) is 2.84. The topological polar surface area (TPSA) is 79.4 Å². The van der Waals surface area contributed by atoms with E-state index < -0.39 is 9.84 Å². The molecule has 3 atom stereocenters. The van der Waals surface area contributed by atoms with E-state index in [4.69, 9.17) is 0 Å². The van der Waals surface area contributed by atoms with Gasteiger partial charge in [-0.05, 0) is 25.0 Å². The second-order valence-corrected chi connectivity index (χ2v) is 9.51. The van der Waals surface area contributed by atoms with Crippen LogP contribution in [0.15, 0.2) is 24.5 Å². The first-order valence-corrected chi connectivity index (χ1v) is 10.4. The number of nitrogens with one attached hydrogen (secondary N) is 1. The molecule has 7 heteroatoms. The zero-order chi connectivity index (χ0) is 16.7. The summed E-state index contributed by atoms with van der Waals surface area (Å²) >= 11 is 0. The highest BCUT2D eigenvalue weighted by Crippen LogP contribution is 2.37. The van der Waals surface area contributed by atoms with Crippen molar-refractivity contribution < 1.29 is 13.2 Å². The lowest BCUT2D eigenvalue weighted by Gasteiger charge is -2.25. The van der Waals surface area contributed by atoms with Crippen LogP contribution in [0.2, 0.25) is 0 Å². The summed E-state index contributed by atoms with van der Waals surface area (Å²) in [6, 6.07) is 3.64. The summed E-state index contributed by atoms with van der Waals surface area (Å²) in [5.41, 5.74) is 0.476. The molecule has 1 N–H and O–H groups in total. The van der Waals surface area contributed by atoms with E-state index in [9.17, 15) is 13.2 Å². The van der Waals surface area contributed by atoms with E-state index in [1.807, 2.05) is 0 Å². The predicted octanol–water partition coefficient (Wildman–Crippen LogP) is 0.851. The van der Waals surface area contributed by atoms with E-state index in [2.05, 4.69) is 15.2 Å². The predicted molar refractivity (Wildman–Crippen MR) is 90.4 cm³/mol. The van der Waals surface area contributed by atoms with E-state index >= 15 is 0 Å². The Balaban J connectivity index is 1.49. The smallest absolute Gasteiger partial charge is 0.253 e. The van der Waals surface area contributed by atoms with Crippen LogP contribution in [0.5, 0.6) is 0 Å². The Hall–Kier alpha value is -1.47. The second-order valence-electron chi connectivity index (χ2n) is 7.25. The van der Waals surface area contributed by atoms with E-state index in [-0.39, 0.29) is 28.9 Å². The SMILES string of the molecule is O=C(N[C@@H]1CS(=O)(=O)[C@H]2CN(C3CCCC3)C[C@@H]12)c1cccnc1. The third-order valence-electron chi connectivity index (χ3n) is 5.81. The Bertz CT molecular complexity index is 716. The van der Waals surface area contributed by atoms with Gasteiger partial charge in [-0.1, -0.05) is 12.8 Å². The van der Waals surface area contributed by atoms with Crippen molar-refractivity contribution in [3.05, 3.63) is 30.1 Å². The van der Waals surface area contributed by atoms with Crippen LogP contribution in [0.3, 0.4) is 0 Å². The Kier molecular flexibility index (Phi) is 4.08. The molecule has 3 heterocycles. The number of nitrogens with zero attached hydrogens (tertiary/aromatic N) is 2. The average Bonchev–Trinajstić information content (AvgIpc) is 3.27. The molecule has 1 aliphatic carbocycles. The highest BCUT2D eigenvalue weighted by atomic mass is 32.2. The van der Waals surface area contributed by atoms with Gasteiger partial charge in [0, 0.05) is 43.5 Å². The summed E-state index contributed by atoms with van der Waals surface area (Å²) in [6.07, 6.45) is 7.95. The van der Waals surface area contributed by atoms with Crippen molar-refractivity contribution in [1.29, 1.82) is 0 Å². The molecule has 1 amide bonds. The van der Waals surface area contributed by atoms with Gasteiger partial charge in [0.05, 0.1) is 16.6 Å². The maximum atomic E-state index is 12.5. The van der Waals surface area contributed by atoms with Gasteiger partial charge >= 0.3 is 0 Å². The van der Waals surface area contributed by atoms with Crippen molar-refractivity contribution in [2.45, 2.75) is 43.0 Å². The number of aromatic nitrogens is 1. The summed E-state index contributed by atoms with van der Waals surface area (Å²) in [7, 11) is -3.14. The van der Waals surface area contributed by atoms with Crippen LogP contribution >= 0.6 is 0 Å². The molecule has 6 nitrogen and oxygen atoms in total. The molecule has 3 fully saturated rings. The van der Waals surface area contributed by atoms with Gasteiger partial charge in [-0.15, -0.1) is 0 Å². The van der Waals surface area contributed by atoms with Crippen LogP contribution in [0.1, 0.15) is 36.0 Å². The number of hydrogen-bond acceptors (Lipinski definition) is 5. The molecule has 2 aliphatic heterocycles. The number of sulfone groups is 1. The molecule has 4 rings (SSSR count). The van der Waals surface area contributed by atoms with Gasteiger partial charge in [0.2, 0.25) is 0 Å². The number of likely N-dealkylation sites (tertiary alicyclic amines) is 1. The fourth-order valence-electron chi connectivity index (χ4n) is 4.56. The van der Waals surface area contributed by atoms with Crippen molar-refractivity contribution in [2.75, 3.05) is 18.8 Å². The number of amides is 1. The van der Waals surface area contributed by atoms with Gasteiger partial charge in [-0.3, -0.25) is 14.7 Å². The zero-order valence-electron chi connectivity index (χ0n) is 13.6. The Morgan fingerprint density at radius 3 is 2.75 bits per heavy atom. The highest BCUT2D eigenvalue weighted by Gasteiger charge is 2.53. The molecule has 130 valence electrons. The minimum absolute atomic E-state index is 0.0104. The first kappa shape index (κ1) is 16.0. The number of pyridine rings is 1. The molecule has 1 aromatic rings. The van der Waals surface area contributed by atoms with Crippen LogP contribution in [0.4, 0.5) is 0 Å². The molecular formula is C17H23N3O3S. The lowest BCUT2D eigenvalue weighted by molar-refractivity contribution is 0.0929. The van der Waals surface area contributed by atoms with E-state index in [1.54, 1.807) is 18.3 Å². The van der Waals surface area contributed by atoms with Crippen LogP contribution in [-0.4, -0.2) is 60.4 Å². The third-order valence-corrected chi connectivity index (χ3v) is 8.05. The number of fused-ring (bicyclic) bond motifs is 1. The number of carbonyl (C=O) groups excluding carboxylic acids is 1. The standard InChI is InChI=1S/C17H23N3O3S/c21-17(12-4-3-7-18-8-12)19-15-11-24(22,23)16-10-20(9-14(15)16)13-5-1-2-6-13/h3-4,7-8,13-16H,1-2,5-6,9-11H2,(H,19,21)/t14-,15+,16-/m0/s1. The quantitative estimate of drug-likeness (QED) is 0.875. The molecular weight excluding hydrogens is 326 g/mol. The average molecular weight is 349 g/mol. The fraction of sp³-hybridized carbons (Fsp3) is 0.647. The largest absolute Gasteiger partial charge is 0.348 e. The lowest BCUT2D eigenvalue weighted by atomic mass is 10.00. The Labute approximate surface area is 142 Å². The normalized spacial score (nSPS) is 32.8. The maximum Gasteiger partial charge on any atom is 0.253 e. The summed E-state index contributed by atoms with van der Waals surface area (Å²) in [5.74, 6) is -0.160. The summed E-state index contributed by atoms with van der Waals surface area (Å²) in [4.78, 5) is 18.7. The molecule has 0 unspecified atom stereocenters. The van der Waals surface area contributed by atoms with Crippen LogP contribution < -0.4 is 5.32 Å². The minimum Gasteiger partial charge on any atom is -0.348 e. The minimum atomic E-state index is -3.14. The van der Waals surface area contributed by atoms with Gasteiger partial charge in [-0.2, -0.15) is 0 Å². The van der Waals surface area contributed by atoms with Gasteiger partial charge < -0.3 is 5.32 Å². The van der Waals surface area contributed by atoms with Crippen molar-refractivity contribution in [3.63, 3.8) is 0 Å². The van der Waals surface area contributed by atoms with Gasteiger partial charge in [-0.25, -0.2) is 8.42 Å². The molecule has 0 spiro atoms. The Morgan fingerprint density at radius 1 is 1.25 bits per heavy atom. The van der Waals surface area contributed by atoms with E-state index in [0.717, 1.165) is 6.54 Å². The molecule has 0 bridgehead atoms. The van der Waals surface area contributed by atoms with Gasteiger partial charge in [0.1, 0.15) is 0 Å².